The molecule has 0 aromatic heterocycles. The second-order valence-electron chi connectivity index (χ2n) is 4.57. The highest BCUT2D eigenvalue weighted by atomic mass is 28.4. The van der Waals surface area contributed by atoms with Gasteiger partial charge in [-0.1, -0.05) is 26.2 Å². The molecule has 16 heavy (non-hydrogen) atoms. The SMILES string of the molecule is CCCCCC[Si]1(OCC)OC(C)C(C)O1. The highest BCUT2D eigenvalue weighted by Crippen LogP contribution is 2.30. The van der Waals surface area contributed by atoms with Gasteiger partial charge in [-0.15, -0.1) is 0 Å². The molecule has 1 aliphatic rings. The van der Waals surface area contributed by atoms with Gasteiger partial charge in [0.25, 0.3) is 0 Å². The molecule has 0 saturated carbocycles. The molecule has 0 spiro atoms. The molecule has 0 bridgehead atoms. The van der Waals surface area contributed by atoms with E-state index in [-0.39, 0.29) is 12.2 Å². The topological polar surface area (TPSA) is 27.7 Å². The molecule has 0 aromatic rings. The van der Waals surface area contributed by atoms with E-state index in [1.807, 2.05) is 6.92 Å². The quantitative estimate of drug-likeness (QED) is 0.509. The van der Waals surface area contributed by atoms with Gasteiger partial charge < -0.3 is 13.3 Å². The van der Waals surface area contributed by atoms with E-state index in [9.17, 15) is 0 Å². The molecule has 4 heteroatoms. The number of unbranched alkanes of at least 4 members (excludes halogenated alkanes) is 3. The highest BCUT2D eigenvalue weighted by molar-refractivity contribution is 6.61. The van der Waals surface area contributed by atoms with E-state index in [2.05, 4.69) is 20.8 Å². The minimum absolute atomic E-state index is 0.185. The largest absolute Gasteiger partial charge is 0.501 e. The second-order valence-corrected chi connectivity index (χ2v) is 7.20. The predicted octanol–water partition coefficient (Wildman–Crippen LogP) is 3.37. The van der Waals surface area contributed by atoms with Crippen molar-refractivity contribution >= 4 is 8.80 Å². The lowest BCUT2D eigenvalue weighted by Crippen LogP contribution is -2.41. The van der Waals surface area contributed by atoms with Crippen LogP contribution in [-0.4, -0.2) is 27.6 Å². The molecule has 0 aliphatic carbocycles. The minimum atomic E-state index is -2.31. The fraction of sp³-hybridized carbons (Fsp3) is 1.00. The lowest BCUT2D eigenvalue weighted by atomic mass is 10.2. The Hall–Kier alpha value is 0.0969. The maximum atomic E-state index is 5.98. The Morgan fingerprint density at radius 2 is 1.62 bits per heavy atom. The van der Waals surface area contributed by atoms with Crippen molar-refractivity contribution in [3.05, 3.63) is 0 Å². The summed E-state index contributed by atoms with van der Waals surface area (Å²) in [4.78, 5) is 0. The standard InChI is InChI=1S/C12H26O3Si/c1-5-7-8-9-10-16(13-6-2)14-11(3)12(4)15-16/h11-12H,5-10H2,1-4H3. The normalized spacial score (nSPS) is 34.5. The summed E-state index contributed by atoms with van der Waals surface area (Å²) in [5, 5.41) is 0. The van der Waals surface area contributed by atoms with Crippen LogP contribution in [0.2, 0.25) is 6.04 Å². The predicted molar refractivity (Wildman–Crippen MR) is 67.4 cm³/mol. The number of rotatable bonds is 7. The van der Waals surface area contributed by atoms with Crippen LogP contribution in [0, 0.1) is 0 Å². The molecule has 2 unspecified atom stereocenters. The Labute approximate surface area is 101 Å². The van der Waals surface area contributed by atoms with Crippen molar-refractivity contribution in [2.45, 2.75) is 71.6 Å². The third kappa shape index (κ3) is 3.84. The van der Waals surface area contributed by atoms with E-state index in [1.165, 1.54) is 25.7 Å². The van der Waals surface area contributed by atoms with Gasteiger partial charge in [-0.3, -0.25) is 0 Å². The van der Waals surface area contributed by atoms with Gasteiger partial charge in [0.2, 0.25) is 0 Å². The van der Waals surface area contributed by atoms with Crippen molar-refractivity contribution < 1.29 is 13.3 Å². The first-order valence-electron chi connectivity index (χ1n) is 6.63. The van der Waals surface area contributed by atoms with Gasteiger partial charge in [-0.25, -0.2) is 0 Å². The summed E-state index contributed by atoms with van der Waals surface area (Å²) in [5.41, 5.74) is 0. The van der Waals surface area contributed by atoms with Gasteiger partial charge >= 0.3 is 8.80 Å². The molecule has 1 aliphatic heterocycles. The Balaban J connectivity index is 2.40. The zero-order valence-corrected chi connectivity index (χ0v) is 12.1. The first-order valence-corrected chi connectivity index (χ1v) is 8.56. The molecule has 0 radical (unpaired) electrons. The molecule has 2 atom stereocenters. The van der Waals surface area contributed by atoms with E-state index in [0.29, 0.717) is 6.61 Å². The fourth-order valence-corrected chi connectivity index (χ4v) is 5.24. The Bertz CT molecular complexity index is 189. The fourth-order valence-electron chi connectivity index (χ4n) is 2.03. The summed E-state index contributed by atoms with van der Waals surface area (Å²) >= 11 is 0. The van der Waals surface area contributed by atoms with Gasteiger partial charge in [-0.05, 0) is 27.2 Å². The monoisotopic (exact) mass is 246 g/mol. The van der Waals surface area contributed by atoms with E-state index < -0.39 is 8.80 Å². The summed E-state index contributed by atoms with van der Waals surface area (Å²) in [6.07, 6.45) is 5.35. The maximum absolute atomic E-state index is 5.98. The summed E-state index contributed by atoms with van der Waals surface area (Å²) in [5.74, 6) is 0. The lowest BCUT2D eigenvalue weighted by Gasteiger charge is -2.22. The van der Waals surface area contributed by atoms with E-state index in [1.54, 1.807) is 0 Å². The second kappa shape index (κ2) is 6.74. The molecular formula is C12H26O3Si. The van der Waals surface area contributed by atoms with Crippen LogP contribution >= 0.6 is 0 Å². The first-order chi connectivity index (χ1) is 7.63. The van der Waals surface area contributed by atoms with Gasteiger partial charge in [-0.2, -0.15) is 0 Å². The van der Waals surface area contributed by atoms with Gasteiger partial charge in [0.05, 0.1) is 12.2 Å². The summed E-state index contributed by atoms with van der Waals surface area (Å²) in [6, 6.07) is 0.982. The molecule has 0 N–H and O–H groups in total. The average molecular weight is 246 g/mol. The lowest BCUT2D eigenvalue weighted by molar-refractivity contribution is 0.132. The van der Waals surface area contributed by atoms with Gasteiger partial charge in [0.15, 0.2) is 0 Å². The zero-order chi connectivity index (χ0) is 12.0. The van der Waals surface area contributed by atoms with Crippen molar-refractivity contribution in [1.29, 1.82) is 0 Å². The molecule has 1 fully saturated rings. The molecule has 0 aromatic carbocycles. The van der Waals surface area contributed by atoms with Crippen LogP contribution in [0.4, 0.5) is 0 Å². The van der Waals surface area contributed by atoms with Crippen LogP contribution in [0.5, 0.6) is 0 Å². The van der Waals surface area contributed by atoms with E-state index >= 15 is 0 Å². The molecule has 96 valence electrons. The van der Waals surface area contributed by atoms with Crippen molar-refractivity contribution in [3.8, 4) is 0 Å². The zero-order valence-electron chi connectivity index (χ0n) is 11.1. The van der Waals surface area contributed by atoms with Crippen LogP contribution < -0.4 is 0 Å². The highest BCUT2D eigenvalue weighted by Gasteiger charge is 2.50. The average Bonchev–Trinajstić information content (AvgIpc) is 2.51. The molecule has 0 amide bonds. The summed E-state index contributed by atoms with van der Waals surface area (Å²) in [7, 11) is -2.31. The van der Waals surface area contributed by atoms with E-state index in [4.69, 9.17) is 13.3 Å². The molecule has 3 nitrogen and oxygen atoms in total. The summed E-state index contributed by atoms with van der Waals surface area (Å²) in [6.45, 7) is 9.08. The first kappa shape index (κ1) is 14.2. The van der Waals surface area contributed by atoms with Crippen molar-refractivity contribution in [3.63, 3.8) is 0 Å². The molecule has 1 rings (SSSR count). The Morgan fingerprint density at radius 1 is 1.00 bits per heavy atom. The van der Waals surface area contributed by atoms with Crippen LogP contribution in [-0.2, 0) is 13.3 Å². The van der Waals surface area contributed by atoms with Gasteiger partial charge in [0, 0.05) is 12.7 Å². The third-order valence-corrected chi connectivity index (χ3v) is 6.25. The molecule has 1 heterocycles. The maximum Gasteiger partial charge on any atom is 0.501 e. The van der Waals surface area contributed by atoms with Crippen molar-refractivity contribution in [2.24, 2.45) is 0 Å². The number of hydrogen-bond donors (Lipinski definition) is 0. The number of hydrogen-bond acceptors (Lipinski definition) is 3. The van der Waals surface area contributed by atoms with E-state index in [0.717, 1.165) is 6.04 Å². The van der Waals surface area contributed by atoms with Crippen molar-refractivity contribution in [1.82, 2.24) is 0 Å². The molecular weight excluding hydrogens is 220 g/mol. The van der Waals surface area contributed by atoms with Crippen LogP contribution in [0.15, 0.2) is 0 Å². The van der Waals surface area contributed by atoms with Crippen LogP contribution in [0.1, 0.15) is 53.4 Å². The van der Waals surface area contributed by atoms with Crippen molar-refractivity contribution in [2.75, 3.05) is 6.61 Å². The molecule has 1 saturated heterocycles. The van der Waals surface area contributed by atoms with Crippen LogP contribution in [0.25, 0.3) is 0 Å². The summed E-state index contributed by atoms with van der Waals surface area (Å²) < 4.78 is 17.8. The van der Waals surface area contributed by atoms with Crippen LogP contribution in [0.3, 0.4) is 0 Å². The van der Waals surface area contributed by atoms with Gasteiger partial charge in [0.1, 0.15) is 0 Å². The minimum Gasteiger partial charge on any atom is -0.374 e. The Kier molecular flexibility index (Phi) is 5.96. The third-order valence-electron chi connectivity index (χ3n) is 3.09. The smallest absolute Gasteiger partial charge is 0.374 e. The Morgan fingerprint density at radius 3 is 2.12 bits per heavy atom.